The minimum Gasteiger partial charge on any atom is -0.497 e. The molecular weight excluding hydrogens is 284 g/mol. The van der Waals surface area contributed by atoms with Crippen molar-refractivity contribution in [2.45, 2.75) is 39.0 Å². The van der Waals surface area contributed by atoms with Crippen LogP contribution in [0.25, 0.3) is 11.0 Å². The zero-order valence-electron chi connectivity index (χ0n) is 14.0. The second-order valence-electron chi connectivity index (χ2n) is 5.95. The van der Waals surface area contributed by atoms with Crippen LogP contribution < -0.4 is 4.74 Å². The largest absolute Gasteiger partial charge is 0.497 e. The van der Waals surface area contributed by atoms with E-state index in [9.17, 15) is 0 Å². The fourth-order valence-corrected chi connectivity index (χ4v) is 3.02. The molecule has 0 N–H and O–H groups in total. The van der Waals surface area contributed by atoms with E-state index >= 15 is 0 Å². The third-order valence-corrected chi connectivity index (χ3v) is 4.36. The van der Waals surface area contributed by atoms with E-state index in [0.29, 0.717) is 0 Å². The highest BCUT2D eigenvalue weighted by Crippen LogP contribution is 2.28. The van der Waals surface area contributed by atoms with E-state index in [1.54, 1.807) is 7.11 Å². The van der Waals surface area contributed by atoms with Gasteiger partial charge in [0.1, 0.15) is 17.1 Å². The van der Waals surface area contributed by atoms with Crippen molar-refractivity contribution in [3.05, 3.63) is 65.4 Å². The summed E-state index contributed by atoms with van der Waals surface area (Å²) >= 11 is 0. The van der Waals surface area contributed by atoms with Crippen molar-refractivity contribution < 1.29 is 9.15 Å². The van der Waals surface area contributed by atoms with Gasteiger partial charge in [-0.2, -0.15) is 0 Å². The lowest BCUT2D eigenvalue weighted by Gasteiger charge is -2.05. The van der Waals surface area contributed by atoms with E-state index in [1.165, 1.54) is 35.1 Å². The second kappa shape index (κ2) is 7.36. The minimum absolute atomic E-state index is 0.908. The minimum atomic E-state index is 0.908. The summed E-state index contributed by atoms with van der Waals surface area (Å²) in [5.74, 6) is 2.08. The zero-order chi connectivity index (χ0) is 16.1. The van der Waals surface area contributed by atoms with E-state index in [0.717, 1.165) is 30.6 Å². The Kier molecular flexibility index (Phi) is 5.02. The van der Waals surface area contributed by atoms with Gasteiger partial charge in [-0.3, -0.25) is 0 Å². The topological polar surface area (TPSA) is 22.4 Å². The predicted octanol–water partition coefficient (Wildman–Crippen LogP) is 5.57. The molecule has 0 fully saturated rings. The molecule has 0 bridgehead atoms. The maximum atomic E-state index is 6.11. The number of para-hydroxylation sites is 1. The van der Waals surface area contributed by atoms with Gasteiger partial charge >= 0.3 is 0 Å². The molecule has 0 aliphatic carbocycles. The Morgan fingerprint density at radius 2 is 1.70 bits per heavy atom. The molecule has 0 amide bonds. The summed E-state index contributed by atoms with van der Waals surface area (Å²) in [5.41, 5.74) is 3.73. The summed E-state index contributed by atoms with van der Waals surface area (Å²) in [4.78, 5) is 0. The Hall–Kier alpha value is -2.22. The summed E-state index contributed by atoms with van der Waals surface area (Å²) in [6.07, 6.45) is 5.43. The van der Waals surface area contributed by atoms with Crippen LogP contribution in [0.15, 0.2) is 52.9 Å². The highest BCUT2D eigenvalue weighted by molar-refractivity contribution is 5.82. The van der Waals surface area contributed by atoms with E-state index in [1.807, 2.05) is 18.2 Å². The summed E-state index contributed by atoms with van der Waals surface area (Å²) in [6, 6.07) is 16.7. The molecule has 0 unspecified atom stereocenters. The molecule has 2 nitrogen and oxygen atoms in total. The number of methoxy groups -OCH3 is 1. The number of hydrogen-bond donors (Lipinski definition) is 0. The van der Waals surface area contributed by atoms with Crippen LogP contribution in [0.1, 0.15) is 36.7 Å². The van der Waals surface area contributed by atoms with Crippen molar-refractivity contribution in [3.63, 3.8) is 0 Å². The third kappa shape index (κ3) is 3.58. The number of benzene rings is 2. The Morgan fingerprint density at radius 1 is 0.913 bits per heavy atom. The Balaban J connectivity index is 1.82. The van der Waals surface area contributed by atoms with Crippen molar-refractivity contribution in [2.24, 2.45) is 0 Å². The maximum absolute atomic E-state index is 6.11. The van der Waals surface area contributed by atoms with E-state index in [2.05, 4.69) is 37.3 Å². The van der Waals surface area contributed by atoms with Crippen LogP contribution in [-0.4, -0.2) is 7.11 Å². The highest BCUT2D eigenvalue weighted by Gasteiger charge is 2.13. The van der Waals surface area contributed by atoms with Crippen LogP contribution in [0.5, 0.6) is 5.75 Å². The van der Waals surface area contributed by atoms with Crippen molar-refractivity contribution in [1.82, 2.24) is 0 Å². The molecule has 1 heterocycles. The van der Waals surface area contributed by atoms with Gasteiger partial charge in [-0.05, 0) is 43.0 Å². The van der Waals surface area contributed by atoms with Crippen LogP contribution in [-0.2, 0) is 19.3 Å². The lowest BCUT2D eigenvalue weighted by Crippen LogP contribution is -1.95. The van der Waals surface area contributed by atoms with E-state index in [4.69, 9.17) is 9.15 Å². The smallest absolute Gasteiger partial charge is 0.134 e. The Bertz CT molecular complexity index is 753. The number of hydrogen-bond acceptors (Lipinski definition) is 2. The molecule has 0 saturated carbocycles. The SMILES string of the molecule is CCCCc1oc2ccccc2c1CCc1ccc(OC)cc1. The molecule has 0 atom stereocenters. The number of ether oxygens (including phenoxy) is 1. The quantitative estimate of drug-likeness (QED) is 0.569. The molecule has 23 heavy (non-hydrogen) atoms. The maximum Gasteiger partial charge on any atom is 0.134 e. The van der Waals surface area contributed by atoms with Gasteiger partial charge in [-0.25, -0.2) is 0 Å². The van der Waals surface area contributed by atoms with Gasteiger partial charge in [-0.15, -0.1) is 0 Å². The van der Waals surface area contributed by atoms with Crippen molar-refractivity contribution in [2.75, 3.05) is 7.11 Å². The lowest BCUT2D eigenvalue weighted by atomic mass is 10.00. The van der Waals surface area contributed by atoms with Crippen molar-refractivity contribution >= 4 is 11.0 Å². The monoisotopic (exact) mass is 308 g/mol. The molecule has 2 heteroatoms. The predicted molar refractivity (Wildman–Crippen MR) is 95.2 cm³/mol. The standard InChI is InChI=1S/C21H24O2/c1-3-4-8-20-19(18-7-5-6-9-21(18)23-20)15-12-16-10-13-17(22-2)14-11-16/h5-7,9-11,13-14H,3-4,8,12,15H2,1-2H3. The van der Waals surface area contributed by atoms with E-state index in [-0.39, 0.29) is 0 Å². The third-order valence-electron chi connectivity index (χ3n) is 4.36. The molecule has 0 aliphatic heterocycles. The summed E-state index contributed by atoms with van der Waals surface area (Å²) in [5, 5.41) is 1.27. The van der Waals surface area contributed by atoms with Crippen LogP contribution in [0.2, 0.25) is 0 Å². The van der Waals surface area contributed by atoms with Crippen LogP contribution in [0.4, 0.5) is 0 Å². The average molecular weight is 308 g/mol. The molecule has 0 radical (unpaired) electrons. The van der Waals surface area contributed by atoms with Gasteiger partial charge in [0.15, 0.2) is 0 Å². The highest BCUT2D eigenvalue weighted by atomic mass is 16.5. The first-order valence-corrected chi connectivity index (χ1v) is 8.44. The summed E-state index contributed by atoms with van der Waals surface area (Å²) in [7, 11) is 1.70. The van der Waals surface area contributed by atoms with Gasteiger partial charge in [0.05, 0.1) is 7.11 Å². The molecule has 0 aliphatic rings. The molecule has 3 aromatic rings. The van der Waals surface area contributed by atoms with Crippen molar-refractivity contribution in [1.29, 1.82) is 0 Å². The molecule has 1 aromatic heterocycles. The molecule has 0 saturated heterocycles. The molecular formula is C21H24O2. The fourth-order valence-electron chi connectivity index (χ4n) is 3.02. The molecule has 3 rings (SSSR count). The Morgan fingerprint density at radius 3 is 2.43 bits per heavy atom. The van der Waals surface area contributed by atoms with Crippen LogP contribution in [0.3, 0.4) is 0 Å². The van der Waals surface area contributed by atoms with Gasteiger partial charge in [0.25, 0.3) is 0 Å². The van der Waals surface area contributed by atoms with E-state index < -0.39 is 0 Å². The first kappa shape index (κ1) is 15.7. The summed E-state index contributed by atoms with van der Waals surface area (Å²) in [6.45, 7) is 2.22. The molecule has 120 valence electrons. The van der Waals surface area contributed by atoms with Gasteiger partial charge in [0, 0.05) is 17.4 Å². The number of fused-ring (bicyclic) bond motifs is 1. The normalized spacial score (nSPS) is 11.0. The first-order chi connectivity index (χ1) is 11.3. The fraction of sp³-hybridized carbons (Fsp3) is 0.333. The van der Waals surface area contributed by atoms with Crippen LogP contribution >= 0.6 is 0 Å². The number of furan rings is 1. The second-order valence-corrected chi connectivity index (χ2v) is 5.95. The van der Waals surface area contributed by atoms with Gasteiger partial charge in [-0.1, -0.05) is 43.7 Å². The number of rotatable bonds is 7. The summed E-state index contributed by atoms with van der Waals surface area (Å²) < 4.78 is 11.3. The molecule has 0 spiro atoms. The first-order valence-electron chi connectivity index (χ1n) is 8.44. The molecule has 2 aromatic carbocycles. The van der Waals surface area contributed by atoms with Crippen molar-refractivity contribution in [3.8, 4) is 5.75 Å². The van der Waals surface area contributed by atoms with Gasteiger partial charge in [0.2, 0.25) is 0 Å². The van der Waals surface area contributed by atoms with Gasteiger partial charge < -0.3 is 9.15 Å². The number of aryl methyl sites for hydroxylation is 3. The number of unbranched alkanes of at least 4 members (excludes halogenated alkanes) is 1. The lowest BCUT2D eigenvalue weighted by molar-refractivity contribution is 0.414. The zero-order valence-corrected chi connectivity index (χ0v) is 14.0. The Labute approximate surface area is 138 Å². The average Bonchev–Trinajstić information content (AvgIpc) is 2.96. The van der Waals surface area contributed by atoms with Crippen LogP contribution in [0, 0.1) is 0 Å².